The van der Waals surface area contributed by atoms with E-state index in [4.69, 9.17) is 0 Å². The number of amides is 1. The zero-order valence-corrected chi connectivity index (χ0v) is 11.3. The number of hydrogen-bond donors (Lipinski definition) is 1. The van der Waals surface area contributed by atoms with Gasteiger partial charge in [0.15, 0.2) is 9.84 Å². The fourth-order valence-electron chi connectivity index (χ4n) is 0.957. The summed E-state index contributed by atoms with van der Waals surface area (Å²) in [4.78, 5) is 12.9. The topological polar surface area (TPSA) is 66.5 Å². The van der Waals surface area contributed by atoms with Gasteiger partial charge in [0.1, 0.15) is 0 Å². The summed E-state index contributed by atoms with van der Waals surface area (Å²) in [6.45, 7) is 6.38. The minimum absolute atomic E-state index is 0.0237. The molecule has 0 spiro atoms. The van der Waals surface area contributed by atoms with Gasteiger partial charge < -0.3 is 10.2 Å². The molecule has 0 rings (SSSR count). The lowest BCUT2D eigenvalue weighted by Gasteiger charge is -2.15. The highest BCUT2D eigenvalue weighted by Gasteiger charge is 2.15. The Kier molecular flexibility index (Phi) is 6.59. The molecule has 5 nitrogen and oxygen atoms in total. The normalized spacial score (nSPS) is 11.8. The predicted octanol–water partition coefficient (Wildman–Crippen LogP) is -0.122. The summed E-state index contributed by atoms with van der Waals surface area (Å²) in [6.07, 6.45) is 0. The molecule has 0 aliphatic carbocycles. The Hall–Kier alpha value is -0.620. The van der Waals surface area contributed by atoms with Gasteiger partial charge in [-0.2, -0.15) is 0 Å². The Bertz CT molecular complexity index is 312. The molecule has 0 aromatic rings. The van der Waals surface area contributed by atoms with Gasteiger partial charge in [0.25, 0.3) is 0 Å². The maximum Gasteiger partial charge on any atom is 0.236 e. The Morgan fingerprint density at radius 2 is 1.94 bits per heavy atom. The van der Waals surface area contributed by atoms with E-state index in [0.717, 1.165) is 0 Å². The third kappa shape index (κ3) is 5.46. The van der Waals surface area contributed by atoms with Crippen LogP contribution in [0.1, 0.15) is 20.8 Å². The summed E-state index contributed by atoms with van der Waals surface area (Å²) in [6, 6.07) is 0. The van der Waals surface area contributed by atoms with Crippen LogP contribution in [-0.2, 0) is 14.6 Å². The molecule has 96 valence electrons. The van der Waals surface area contributed by atoms with Gasteiger partial charge >= 0.3 is 0 Å². The van der Waals surface area contributed by atoms with Crippen LogP contribution in [0.2, 0.25) is 0 Å². The fraction of sp³-hybridized carbons (Fsp3) is 0.900. The molecule has 0 fully saturated rings. The number of hydrogen-bond acceptors (Lipinski definition) is 4. The first kappa shape index (κ1) is 15.4. The van der Waals surface area contributed by atoms with Crippen molar-refractivity contribution >= 4 is 15.7 Å². The maximum absolute atomic E-state index is 11.4. The Morgan fingerprint density at radius 1 is 1.38 bits per heavy atom. The van der Waals surface area contributed by atoms with Gasteiger partial charge in [0.2, 0.25) is 5.91 Å². The van der Waals surface area contributed by atoms with Crippen LogP contribution in [0.25, 0.3) is 0 Å². The molecule has 0 saturated carbocycles. The van der Waals surface area contributed by atoms with E-state index in [2.05, 4.69) is 5.32 Å². The van der Waals surface area contributed by atoms with E-state index in [0.29, 0.717) is 13.1 Å². The van der Waals surface area contributed by atoms with Crippen LogP contribution in [0.5, 0.6) is 0 Å². The molecule has 0 aromatic carbocycles. The van der Waals surface area contributed by atoms with Gasteiger partial charge in [-0.05, 0) is 20.8 Å². The van der Waals surface area contributed by atoms with Crippen molar-refractivity contribution in [2.24, 2.45) is 0 Å². The Balaban J connectivity index is 3.82. The van der Waals surface area contributed by atoms with E-state index < -0.39 is 9.84 Å². The van der Waals surface area contributed by atoms with Gasteiger partial charge in [-0.15, -0.1) is 0 Å². The Morgan fingerprint density at radius 3 is 2.38 bits per heavy atom. The lowest BCUT2D eigenvalue weighted by molar-refractivity contribution is -0.128. The van der Waals surface area contributed by atoms with Crippen molar-refractivity contribution in [3.05, 3.63) is 0 Å². The van der Waals surface area contributed by atoms with Gasteiger partial charge in [-0.3, -0.25) is 4.79 Å². The van der Waals surface area contributed by atoms with Crippen molar-refractivity contribution in [3.63, 3.8) is 0 Å². The van der Waals surface area contributed by atoms with Crippen molar-refractivity contribution in [2.75, 3.05) is 32.4 Å². The summed E-state index contributed by atoms with van der Waals surface area (Å²) in [5, 5.41) is 2.48. The van der Waals surface area contributed by atoms with Crippen LogP contribution < -0.4 is 5.32 Å². The third-order valence-corrected chi connectivity index (χ3v) is 4.67. The zero-order chi connectivity index (χ0) is 12.8. The maximum atomic E-state index is 11.4. The average Bonchev–Trinajstić information content (AvgIpc) is 2.22. The molecule has 1 amide bonds. The van der Waals surface area contributed by atoms with E-state index in [1.54, 1.807) is 25.8 Å². The molecular weight excluding hydrogens is 228 g/mol. The second-order valence-electron chi connectivity index (χ2n) is 4.00. The van der Waals surface area contributed by atoms with Crippen LogP contribution >= 0.6 is 0 Å². The second-order valence-corrected chi connectivity index (χ2v) is 6.68. The molecule has 6 heteroatoms. The summed E-state index contributed by atoms with van der Waals surface area (Å²) in [7, 11) is -1.29. The minimum Gasteiger partial charge on any atom is -0.345 e. The van der Waals surface area contributed by atoms with Crippen molar-refractivity contribution in [3.8, 4) is 0 Å². The number of nitrogens with zero attached hydrogens (tertiary/aromatic N) is 1. The first-order valence-corrected chi connectivity index (χ1v) is 7.19. The van der Waals surface area contributed by atoms with E-state index in [9.17, 15) is 13.2 Å². The molecule has 16 heavy (non-hydrogen) atoms. The first-order chi connectivity index (χ1) is 7.31. The summed E-state index contributed by atoms with van der Waals surface area (Å²) < 4.78 is 22.9. The number of carbonyl (C=O) groups is 1. The van der Waals surface area contributed by atoms with Crippen LogP contribution in [0.15, 0.2) is 0 Å². The fourth-order valence-corrected chi connectivity index (χ4v) is 1.86. The first-order valence-electron chi connectivity index (χ1n) is 5.47. The molecule has 0 unspecified atom stereocenters. The lowest BCUT2D eigenvalue weighted by Crippen LogP contribution is -2.37. The van der Waals surface area contributed by atoms with Gasteiger partial charge in [-0.25, -0.2) is 8.42 Å². The van der Waals surface area contributed by atoms with Gasteiger partial charge in [0.05, 0.1) is 17.5 Å². The highest BCUT2D eigenvalue weighted by molar-refractivity contribution is 7.92. The van der Waals surface area contributed by atoms with Crippen LogP contribution in [-0.4, -0.2) is 56.9 Å². The van der Waals surface area contributed by atoms with E-state index >= 15 is 0 Å². The minimum atomic E-state index is -3.01. The molecule has 0 atom stereocenters. The van der Waals surface area contributed by atoms with Crippen LogP contribution in [0, 0.1) is 0 Å². The number of carbonyl (C=O) groups excluding carboxylic acids is 1. The number of nitrogens with one attached hydrogen (secondary N) is 1. The largest absolute Gasteiger partial charge is 0.345 e. The SMILES string of the molecule is CCN(C)C(=O)CNCCS(=O)(=O)C(C)C. The van der Waals surface area contributed by atoms with Crippen LogP contribution in [0.3, 0.4) is 0 Å². The highest BCUT2D eigenvalue weighted by atomic mass is 32.2. The number of likely N-dealkylation sites (N-methyl/N-ethyl adjacent to an activating group) is 1. The predicted molar refractivity (Wildman–Crippen MR) is 65.1 cm³/mol. The lowest BCUT2D eigenvalue weighted by atomic mass is 10.5. The van der Waals surface area contributed by atoms with Crippen molar-refractivity contribution in [1.82, 2.24) is 10.2 Å². The average molecular weight is 250 g/mol. The molecule has 0 aliphatic heterocycles. The van der Waals surface area contributed by atoms with Crippen molar-refractivity contribution in [1.29, 1.82) is 0 Å². The highest BCUT2D eigenvalue weighted by Crippen LogP contribution is 1.98. The smallest absolute Gasteiger partial charge is 0.236 e. The molecule has 0 bridgehead atoms. The van der Waals surface area contributed by atoms with E-state index in [-0.39, 0.29) is 23.5 Å². The summed E-state index contributed by atoms with van der Waals surface area (Å²) in [5.74, 6) is 0.0535. The Labute approximate surface area is 98.1 Å². The molecular formula is C10H22N2O3S. The third-order valence-electron chi connectivity index (χ3n) is 2.46. The summed E-state index contributed by atoms with van der Waals surface area (Å²) in [5.41, 5.74) is 0. The molecule has 0 radical (unpaired) electrons. The number of sulfone groups is 1. The molecule has 0 aromatic heterocycles. The number of rotatable bonds is 7. The molecule has 0 saturated heterocycles. The quantitative estimate of drug-likeness (QED) is 0.640. The zero-order valence-electron chi connectivity index (χ0n) is 10.5. The van der Waals surface area contributed by atoms with Gasteiger partial charge in [0, 0.05) is 20.1 Å². The van der Waals surface area contributed by atoms with Crippen LogP contribution in [0.4, 0.5) is 0 Å². The molecule has 1 N–H and O–H groups in total. The van der Waals surface area contributed by atoms with Crippen molar-refractivity contribution < 1.29 is 13.2 Å². The monoisotopic (exact) mass is 250 g/mol. The second kappa shape index (κ2) is 6.85. The van der Waals surface area contributed by atoms with E-state index in [1.807, 2.05) is 6.92 Å². The van der Waals surface area contributed by atoms with Gasteiger partial charge in [-0.1, -0.05) is 0 Å². The van der Waals surface area contributed by atoms with Crippen molar-refractivity contribution in [2.45, 2.75) is 26.0 Å². The van der Waals surface area contributed by atoms with E-state index in [1.165, 1.54) is 0 Å². The molecule has 0 aliphatic rings. The summed E-state index contributed by atoms with van der Waals surface area (Å²) >= 11 is 0. The molecule has 0 heterocycles. The standard InChI is InChI=1S/C10H22N2O3S/c1-5-12(4)10(13)8-11-6-7-16(14,15)9(2)3/h9,11H,5-8H2,1-4H3.